The zero-order valence-electron chi connectivity index (χ0n) is 9.56. The number of rotatable bonds is 4. The van der Waals surface area contributed by atoms with Gasteiger partial charge in [-0.2, -0.15) is 5.26 Å². The van der Waals surface area contributed by atoms with Crippen molar-refractivity contribution in [3.05, 3.63) is 35.9 Å². The highest BCUT2D eigenvalue weighted by atomic mass is 16.5. The predicted molar refractivity (Wildman–Crippen MR) is 60.7 cm³/mol. The van der Waals surface area contributed by atoms with Crippen LogP contribution in [0.4, 0.5) is 0 Å². The average molecular weight is 217 g/mol. The molecule has 1 aromatic rings. The lowest BCUT2D eigenvalue weighted by atomic mass is 9.79. The molecule has 0 aliphatic carbocycles. The van der Waals surface area contributed by atoms with Crippen molar-refractivity contribution < 1.29 is 9.53 Å². The fourth-order valence-corrected chi connectivity index (χ4v) is 1.63. The van der Waals surface area contributed by atoms with Crippen molar-refractivity contribution in [1.29, 1.82) is 5.26 Å². The van der Waals surface area contributed by atoms with Gasteiger partial charge in [-0.15, -0.1) is 0 Å². The van der Waals surface area contributed by atoms with Crippen LogP contribution in [0.3, 0.4) is 0 Å². The van der Waals surface area contributed by atoms with Crippen LogP contribution in [0.5, 0.6) is 0 Å². The van der Waals surface area contributed by atoms with E-state index >= 15 is 0 Å². The fraction of sp³-hybridized carbons (Fsp3) is 0.385. The van der Waals surface area contributed by atoms with E-state index < -0.39 is 11.4 Å². The van der Waals surface area contributed by atoms with Crippen LogP contribution in [0, 0.1) is 11.3 Å². The van der Waals surface area contributed by atoms with Gasteiger partial charge in [0.15, 0.2) is 5.41 Å². The van der Waals surface area contributed by atoms with E-state index in [1.165, 1.54) is 0 Å². The van der Waals surface area contributed by atoms with Gasteiger partial charge in [-0.3, -0.25) is 0 Å². The normalized spacial score (nSPS) is 13.6. The van der Waals surface area contributed by atoms with E-state index in [-0.39, 0.29) is 6.61 Å². The summed E-state index contributed by atoms with van der Waals surface area (Å²) >= 11 is 0. The molecule has 84 valence electrons. The number of esters is 1. The summed E-state index contributed by atoms with van der Waals surface area (Å²) in [5.41, 5.74) is -0.476. The monoisotopic (exact) mass is 217 g/mol. The minimum atomic E-state index is -1.17. The van der Waals surface area contributed by atoms with E-state index in [2.05, 4.69) is 6.07 Å². The number of nitrogens with zero attached hydrogens (tertiary/aromatic N) is 1. The molecule has 0 aromatic heterocycles. The lowest BCUT2D eigenvalue weighted by Gasteiger charge is -2.22. The van der Waals surface area contributed by atoms with Crippen molar-refractivity contribution in [3.8, 4) is 6.07 Å². The first-order valence-corrected chi connectivity index (χ1v) is 5.35. The van der Waals surface area contributed by atoms with Crippen molar-refractivity contribution in [2.24, 2.45) is 0 Å². The molecule has 3 heteroatoms. The number of carbonyl (C=O) groups is 1. The number of nitriles is 1. The van der Waals surface area contributed by atoms with Gasteiger partial charge in [0, 0.05) is 0 Å². The first-order valence-electron chi connectivity index (χ1n) is 5.35. The van der Waals surface area contributed by atoms with Crippen LogP contribution in [0.1, 0.15) is 25.8 Å². The maximum atomic E-state index is 11.9. The number of benzene rings is 1. The molecule has 0 amide bonds. The lowest BCUT2D eigenvalue weighted by molar-refractivity contribution is -0.148. The molecule has 1 rings (SSSR count). The van der Waals surface area contributed by atoms with Gasteiger partial charge in [-0.1, -0.05) is 37.3 Å². The highest BCUT2D eigenvalue weighted by Gasteiger charge is 2.40. The van der Waals surface area contributed by atoms with Gasteiger partial charge in [0.2, 0.25) is 0 Å². The Hall–Kier alpha value is -1.82. The molecule has 1 atom stereocenters. The lowest BCUT2D eigenvalue weighted by Crippen LogP contribution is -2.35. The minimum Gasteiger partial charge on any atom is -0.465 e. The molecule has 0 saturated carbocycles. The molecule has 1 aromatic carbocycles. The summed E-state index contributed by atoms with van der Waals surface area (Å²) in [5, 5.41) is 9.28. The third-order valence-corrected chi connectivity index (χ3v) is 2.61. The van der Waals surface area contributed by atoms with Crippen molar-refractivity contribution in [3.63, 3.8) is 0 Å². The third-order valence-electron chi connectivity index (χ3n) is 2.61. The Morgan fingerprint density at radius 1 is 1.38 bits per heavy atom. The van der Waals surface area contributed by atoms with Gasteiger partial charge in [0.25, 0.3) is 0 Å². The van der Waals surface area contributed by atoms with Gasteiger partial charge in [-0.25, -0.2) is 4.79 Å². The largest absolute Gasteiger partial charge is 0.465 e. The first kappa shape index (κ1) is 12.3. The number of ether oxygens (including phenoxy) is 1. The molecule has 0 heterocycles. The Morgan fingerprint density at radius 3 is 2.44 bits per heavy atom. The van der Waals surface area contributed by atoms with Gasteiger partial charge < -0.3 is 4.74 Å². The van der Waals surface area contributed by atoms with Crippen LogP contribution in [-0.2, 0) is 14.9 Å². The maximum Gasteiger partial charge on any atom is 0.331 e. The topological polar surface area (TPSA) is 50.1 Å². The highest BCUT2D eigenvalue weighted by Crippen LogP contribution is 2.28. The second-order valence-corrected chi connectivity index (χ2v) is 3.46. The molecule has 0 spiro atoms. The highest BCUT2D eigenvalue weighted by molar-refractivity contribution is 5.86. The van der Waals surface area contributed by atoms with Crippen LogP contribution in [-0.4, -0.2) is 12.6 Å². The van der Waals surface area contributed by atoms with Crippen LogP contribution >= 0.6 is 0 Å². The molecular formula is C13H15NO2. The van der Waals surface area contributed by atoms with Crippen molar-refractivity contribution in [2.45, 2.75) is 25.7 Å². The van der Waals surface area contributed by atoms with Crippen molar-refractivity contribution in [2.75, 3.05) is 6.61 Å². The van der Waals surface area contributed by atoms with Crippen molar-refractivity contribution in [1.82, 2.24) is 0 Å². The van der Waals surface area contributed by atoms with Gasteiger partial charge >= 0.3 is 5.97 Å². The summed E-state index contributed by atoms with van der Waals surface area (Å²) < 4.78 is 4.98. The number of carbonyl (C=O) groups excluding carboxylic acids is 1. The summed E-state index contributed by atoms with van der Waals surface area (Å²) in [5.74, 6) is -0.466. The average Bonchev–Trinajstić information content (AvgIpc) is 2.33. The maximum absolute atomic E-state index is 11.9. The van der Waals surface area contributed by atoms with Crippen LogP contribution in [0.15, 0.2) is 30.3 Å². The van der Waals surface area contributed by atoms with Gasteiger partial charge in [0.1, 0.15) is 0 Å². The molecule has 0 aliphatic rings. The SMILES string of the molecule is CCOC(=O)[C@](C#N)(CC)c1ccccc1. The Kier molecular flexibility index (Phi) is 4.07. The molecular weight excluding hydrogens is 202 g/mol. The minimum absolute atomic E-state index is 0.287. The second kappa shape index (κ2) is 5.32. The zero-order chi connectivity index (χ0) is 12.0. The molecule has 0 saturated heterocycles. The van der Waals surface area contributed by atoms with E-state index in [1.54, 1.807) is 19.1 Å². The van der Waals surface area contributed by atoms with E-state index in [1.807, 2.05) is 25.1 Å². The molecule has 0 fully saturated rings. The number of hydrogen-bond donors (Lipinski definition) is 0. The molecule has 0 unspecified atom stereocenters. The zero-order valence-corrected chi connectivity index (χ0v) is 9.56. The summed E-state index contributed by atoms with van der Waals surface area (Å²) in [6.07, 6.45) is 0.409. The van der Waals surface area contributed by atoms with Crippen LogP contribution < -0.4 is 0 Å². The molecule has 3 nitrogen and oxygen atoms in total. The summed E-state index contributed by atoms with van der Waals surface area (Å²) in [6, 6.07) is 11.1. The van der Waals surface area contributed by atoms with E-state index in [9.17, 15) is 10.1 Å². The van der Waals surface area contributed by atoms with Crippen LogP contribution in [0.25, 0.3) is 0 Å². The Morgan fingerprint density at radius 2 is 2.00 bits per heavy atom. The Bertz CT molecular complexity index is 394. The Labute approximate surface area is 95.7 Å². The van der Waals surface area contributed by atoms with E-state index in [0.29, 0.717) is 12.0 Å². The molecule has 0 aliphatic heterocycles. The fourth-order valence-electron chi connectivity index (χ4n) is 1.63. The molecule has 0 bridgehead atoms. The summed E-state index contributed by atoms with van der Waals surface area (Å²) in [7, 11) is 0. The predicted octanol–water partition coefficient (Wildman–Crippen LogP) is 2.42. The Balaban J connectivity index is 3.17. The molecule has 0 radical (unpaired) electrons. The second-order valence-electron chi connectivity index (χ2n) is 3.46. The summed E-state index contributed by atoms with van der Waals surface area (Å²) in [4.78, 5) is 11.9. The van der Waals surface area contributed by atoms with Crippen LogP contribution in [0.2, 0.25) is 0 Å². The number of hydrogen-bond acceptors (Lipinski definition) is 3. The van der Waals surface area contributed by atoms with Gasteiger partial charge in [0.05, 0.1) is 12.7 Å². The standard InChI is InChI=1S/C13H15NO2/c1-3-13(10-14,12(15)16-4-2)11-8-6-5-7-9-11/h5-9H,3-4H2,1-2H3/t13-/m0/s1. The van der Waals surface area contributed by atoms with Gasteiger partial charge in [-0.05, 0) is 18.9 Å². The third kappa shape index (κ3) is 2.06. The van der Waals surface area contributed by atoms with E-state index in [4.69, 9.17) is 4.74 Å². The van der Waals surface area contributed by atoms with Crippen molar-refractivity contribution >= 4 is 5.97 Å². The van der Waals surface area contributed by atoms with E-state index in [0.717, 1.165) is 0 Å². The molecule has 16 heavy (non-hydrogen) atoms. The quantitative estimate of drug-likeness (QED) is 0.728. The first-order chi connectivity index (χ1) is 7.71. The smallest absolute Gasteiger partial charge is 0.331 e. The summed E-state index contributed by atoms with van der Waals surface area (Å²) in [6.45, 7) is 3.84. The molecule has 0 N–H and O–H groups in total.